The molecule has 0 spiro atoms. The monoisotopic (exact) mass is 419 g/mol. The minimum atomic E-state index is -1.10. The lowest BCUT2D eigenvalue weighted by Gasteiger charge is -2.20. The Balaban J connectivity index is 1.72. The average Bonchev–Trinajstić information content (AvgIpc) is 3.25. The Labute approximate surface area is 173 Å². The van der Waals surface area contributed by atoms with Crippen molar-refractivity contribution in [2.75, 3.05) is 5.32 Å². The van der Waals surface area contributed by atoms with E-state index < -0.39 is 23.2 Å². The fraction of sp³-hybridized carbons (Fsp3) is 0.0952. The molecule has 5 rings (SSSR count). The minimum Gasteiger partial charge on any atom is -0.358 e. The van der Waals surface area contributed by atoms with Gasteiger partial charge in [0.2, 0.25) is 0 Å². The summed E-state index contributed by atoms with van der Waals surface area (Å²) in [5, 5.41) is 3.19. The first kappa shape index (κ1) is 18.8. The highest BCUT2D eigenvalue weighted by Gasteiger charge is 2.21. The third kappa shape index (κ3) is 3.18. The zero-order valence-corrected chi connectivity index (χ0v) is 16.2. The molecule has 0 radical (unpaired) electrons. The van der Waals surface area contributed by atoms with E-state index in [1.165, 1.54) is 17.2 Å². The predicted octanol–water partition coefficient (Wildman–Crippen LogP) is 3.50. The van der Waals surface area contributed by atoms with Crippen LogP contribution in [0.25, 0.3) is 27.8 Å². The Morgan fingerprint density at radius 2 is 1.84 bits per heavy atom. The highest BCUT2D eigenvalue weighted by Crippen LogP contribution is 2.24. The van der Waals surface area contributed by atoms with Crippen molar-refractivity contribution >= 4 is 27.9 Å². The molecule has 0 aliphatic heterocycles. The van der Waals surface area contributed by atoms with Crippen molar-refractivity contribution in [1.29, 1.82) is 0 Å². The second-order valence-corrected chi connectivity index (χ2v) is 6.92. The number of hydrogen-bond acceptors (Lipinski definition) is 6. The van der Waals surface area contributed by atoms with E-state index in [1.54, 1.807) is 31.2 Å². The van der Waals surface area contributed by atoms with E-state index in [0.717, 1.165) is 12.1 Å². The van der Waals surface area contributed by atoms with Crippen LogP contribution in [0.5, 0.6) is 0 Å². The molecule has 0 aliphatic rings. The van der Waals surface area contributed by atoms with E-state index in [-0.39, 0.29) is 10.9 Å². The third-order valence-corrected chi connectivity index (χ3v) is 4.91. The molecule has 5 aromatic rings. The van der Waals surface area contributed by atoms with Gasteiger partial charge >= 0.3 is 0 Å². The van der Waals surface area contributed by atoms with Crippen LogP contribution < -0.4 is 10.9 Å². The molecule has 3 aromatic heterocycles. The number of hydrogen-bond donors (Lipinski definition) is 2. The van der Waals surface area contributed by atoms with Gasteiger partial charge in [-0.05, 0) is 25.1 Å². The van der Waals surface area contributed by atoms with Crippen LogP contribution in [-0.2, 0) is 0 Å². The van der Waals surface area contributed by atoms with E-state index in [9.17, 15) is 13.6 Å². The number of nitrogens with one attached hydrogen (secondary N) is 2. The van der Waals surface area contributed by atoms with Crippen LogP contribution in [0.3, 0.4) is 0 Å². The molecule has 3 heterocycles. The summed E-state index contributed by atoms with van der Waals surface area (Å²) in [6.45, 7) is 1.79. The summed E-state index contributed by atoms with van der Waals surface area (Å²) in [7, 11) is 0. The van der Waals surface area contributed by atoms with E-state index in [0.29, 0.717) is 28.5 Å². The molecule has 0 bridgehead atoms. The van der Waals surface area contributed by atoms with Gasteiger partial charge in [-0.1, -0.05) is 18.2 Å². The Kier molecular flexibility index (Phi) is 4.39. The van der Waals surface area contributed by atoms with Crippen molar-refractivity contribution in [3.05, 3.63) is 82.9 Å². The van der Waals surface area contributed by atoms with E-state index in [1.807, 2.05) is 6.07 Å². The lowest BCUT2D eigenvalue weighted by molar-refractivity contribution is 0.510. The maximum absolute atomic E-state index is 13.9. The Morgan fingerprint density at radius 3 is 2.65 bits per heavy atom. The van der Waals surface area contributed by atoms with E-state index in [2.05, 4.69) is 30.2 Å². The fourth-order valence-corrected chi connectivity index (χ4v) is 3.46. The number of imidazole rings is 1. The number of aromatic amines is 1. The van der Waals surface area contributed by atoms with Crippen molar-refractivity contribution in [1.82, 2.24) is 29.5 Å². The Morgan fingerprint density at radius 1 is 1.06 bits per heavy atom. The summed E-state index contributed by atoms with van der Waals surface area (Å²) in [6.07, 6.45) is 2.87. The number of halogens is 2. The fourth-order valence-electron chi connectivity index (χ4n) is 3.46. The second kappa shape index (κ2) is 7.24. The van der Waals surface area contributed by atoms with Crippen LogP contribution in [0.1, 0.15) is 18.8 Å². The number of anilines is 1. The maximum atomic E-state index is 13.9. The molecule has 0 saturated carbocycles. The lowest BCUT2D eigenvalue weighted by Crippen LogP contribution is -2.27. The molecule has 31 heavy (non-hydrogen) atoms. The van der Waals surface area contributed by atoms with Crippen molar-refractivity contribution in [3.8, 4) is 5.69 Å². The first-order chi connectivity index (χ1) is 15.0. The minimum absolute atomic E-state index is 0.0169. The van der Waals surface area contributed by atoms with Crippen molar-refractivity contribution in [2.45, 2.75) is 13.0 Å². The van der Waals surface area contributed by atoms with Crippen molar-refractivity contribution in [2.24, 2.45) is 0 Å². The lowest BCUT2D eigenvalue weighted by atomic mass is 10.2. The average molecular weight is 419 g/mol. The summed E-state index contributed by atoms with van der Waals surface area (Å²) in [6, 6.07) is 10.1. The van der Waals surface area contributed by atoms with Crippen LogP contribution in [0.2, 0.25) is 0 Å². The third-order valence-electron chi connectivity index (χ3n) is 4.91. The van der Waals surface area contributed by atoms with Crippen molar-refractivity contribution in [3.63, 3.8) is 0 Å². The predicted molar refractivity (Wildman–Crippen MR) is 111 cm³/mol. The summed E-state index contributed by atoms with van der Waals surface area (Å²) < 4.78 is 29.1. The molecule has 2 N–H and O–H groups in total. The number of nitrogens with zero attached hydrogens (tertiary/aromatic N) is 5. The van der Waals surface area contributed by atoms with Crippen LogP contribution in [0.4, 0.5) is 14.6 Å². The van der Waals surface area contributed by atoms with Gasteiger partial charge < -0.3 is 10.3 Å². The van der Waals surface area contributed by atoms with Gasteiger partial charge in [-0.25, -0.2) is 28.7 Å². The number of H-pyrrole nitrogens is 1. The van der Waals surface area contributed by atoms with Gasteiger partial charge in [0.25, 0.3) is 5.56 Å². The Hall–Kier alpha value is -4.21. The maximum Gasteiger partial charge on any atom is 0.266 e. The van der Waals surface area contributed by atoms with Gasteiger partial charge in [-0.15, -0.1) is 0 Å². The van der Waals surface area contributed by atoms with Gasteiger partial charge in [0.1, 0.15) is 17.7 Å². The van der Waals surface area contributed by atoms with Gasteiger partial charge in [0.05, 0.1) is 29.0 Å². The van der Waals surface area contributed by atoms with E-state index >= 15 is 0 Å². The molecule has 0 aliphatic carbocycles. The summed E-state index contributed by atoms with van der Waals surface area (Å²) in [5.74, 6) is -1.40. The van der Waals surface area contributed by atoms with E-state index in [4.69, 9.17) is 0 Å². The molecule has 0 amide bonds. The standard InChI is InChI=1S/C21H15F2N7O/c1-11(28-19-17-18(25-9-24-17)26-10-27-19)20-29-16-8-15(23)14(22)7-13(16)21(31)30(20)12-5-3-2-4-6-12/h2-11H,1H3,(H2,24,25,26,27,28). The first-order valence-electron chi connectivity index (χ1n) is 9.40. The van der Waals surface area contributed by atoms with Crippen LogP contribution in [-0.4, -0.2) is 29.5 Å². The molecule has 1 unspecified atom stereocenters. The number of benzene rings is 2. The zero-order valence-electron chi connectivity index (χ0n) is 16.2. The summed E-state index contributed by atoms with van der Waals surface area (Å²) in [4.78, 5) is 33.2. The molecule has 2 aromatic carbocycles. The SMILES string of the molecule is CC(Nc1ncnc2nc[nH]c12)c1nc2cc(F)c(F)cc2c(=O)n1-c1ccccc1. The molecular weight excluding hydrogens is 404 g/mol. The molecule has 0 fully saturated rings. The van der Waals surface area contributed by atoms with Gasteiger partial charge in [0.15, 0.2) is 23.1 Å². The molecule has 154 valence electrons. The number of fused-ring (bicyclic) bond motifs is 2. The first-order valence-corrected chi connectivity index (χ1v) is 9.40. The molecular formula is C21H15F2N7O. The quantitative estimate of drug-likeness (QED) is 0.462. The normalized spacial score (nSPS) is 12.4. The van der Waals surface area contributed by atoms with Crippen LogP contribution in [0.15, 0.2) is 59.9 Å². The van der Waals surface area contributed by atoms with Crippen LogP contribution >= 0.6 is 0 Å². The molecule has 10 heteroatoms. The number of aromatic nitrogens is 6. The van der Waals surface area contributed by atoms with Crippen LogP contribution in [0, 0.1) is 11.6 Å². The van der Waals surface area contributed by atoms with Gasteiger partial charge in [-0.3, -0.25) is 9.36 Å². The largest absolute Gasteiger partial charge is 0.358 e. The van der Waals surface area contributed by atoms with Gasteiger partial charge in [0, 0.05) is 6.07 Å². The number of para-hydroxylation sites is 1. The highest BCUT2D eigenvalue weighted by molar-refractivity contribution is 5.82. The molecule has 8 nitrogen and oxygen atoms in total. The van der Waals surface area contributed by atoms with Gasteiger partial charge in [-0.2, -0.15) is 0 Å². The zero-order chi connectivity index (χ0) is 21.5. The summed E-state index contributed by atoms with van der Waals surface area (Å²) >= 11 is 0. The molecule has 0 saturated heterocycles. The second-order valence-electron chi connectivity index (χ2n) is 6.92. The topological polar surface area (TPSA) is 101 Å². The smallest absolute Gasteiger partial charge is 0.266 e. The van der Waals surface area contributed by atoms with Crippen molar-refractivity contribution < 1.29 is 8.78 Å². The Bertz CT molecular complexity index is 1480. The summed E-state index contributed by atoms with van der Waals surface area (Å²) in [5.41, 5.74) is 1.18. The number of rotatable bonds is 4. The molecule has 1 atom stereocenters. The highest BCUT2D eigenvalue weighted by atomic mass is 19.2.